The van der Waals surface area contributed by atoms with E-state index in [0.717, 1.165) is 25.2 Å². The van der Waals surface area contributed by atoms with Gasteiger partial charge >= 0.3 is 18.9 Å². The van der Waals surface area contributed by atoms with Gasteiger partial charge in [0.05, 0.1) is 6.61 Å². The van der Waals surface area contributed by atoms with E-state index in [9.17, 15) is 0 Å². The summed E-state index contributed by atoms with van der Waals surface area (Å²) in [5, 5.41) is 0. The summed E-state index contributed by atoms with van der Waals surface area (Å²) in [4.78, 5) is 0. The number of rotatable bonds is 7. The molecule has 0 saturated heterocycles. The van der Waals surface area contributed by atoms with Crippen molar-refractivity contribution in [1.29, 1.82) is 0 Å². The van der Waals surface area contributed by atoms with Gasteiger partial charge in [0.15, 0.2) is 0 Å². The van der Waals surface area contributed by atoms with E-state index >= 15 is 0 Å². The third-order valence-corrected chi connectivity index (χ3v) is 8.63. The minimum absolute atomic E-state index is 0. The molecule has 1 aliphatic carbocycles. The van der Waals surface area contributed by atoms with E-state index in [1.165, 1.54) is 87.8 Å². The summed E-state index contributed by atoms with van der Waals surface area (Å²) in [5.41, 5.74) is 13.8. The molecule has 0 aromatic heterocycles. The minimum Gasteiger partial charge on any atom is -0.494 e. The Kier molecular flexibility index (Phi) is 17.7. The number of ether oxygens (including phenoxy) is 1. The molecule has 4 heteroatoms. The maximum absolute atomic E-state index is 6.01. The summed E-state index contributed by atoms with van der Waals surface area (Å²) >= 11 is 0. The number of hydrogen-bond acceptors (Lipinski definition) is 2. The zero-order chi connectivity index (χ0) is 24.6. The van der Waals surface area contributed by atoms with Gasteiger partial charge in [-0.3, -0.25) is 0 Å². The van der Waals surface area contributed by atoms with Gasteiger partial charge in [-0.2, -0.15) is 27.8 Å². The van der Waals surface area contributed by atoms with Crippen LogP contribution < -0.4 is 29.3 Å². The van der Waals surface area contributed by atoms with Crippen LogP contribution in [-0.2, 0) is 12.5 Å². The van der Waals surface area contributed by atoms with Crippen LogP contribution >= 0.6 is 0 Å². The zero-order valence-corrected chi connectivity index (χ0v) is 25.2. The first-order chi connectivity index (χ1) is 16.5. The standard InChI is InChI=1S/C19H27OSi.C12H25N.Li/c1-14-15(2)18(19(13-21-4)16(14)3)11-8-12-20-17-9-6-5-7-10-17;13-12-10-8-6-4-2-1-3-5-7-9-11-12;/h5-7,9-10H,8,11-13,21H2,1-4H3;12H,1-11,13H2;/q-1;;+1. The van der Waals surface area contributed by atoms with E-state index in [-0.39, 0.29) is 28.4 Å². The van der Waals surface area contributed by atoms with E-state index in [2.05, 4.69) is 27.3 Å². The Morgan fingerprint density at radius 1 is 0.857 bits per heavy atom. The van der Waals surface area contributed by atoms with Crippen LogP contribution in [0.25, 0.3) is 0 Å². The Morgan fingerprint density at radius 3 is 1.94 bits per heavy atom. The van der Waals surface area contributed by atoms with Crippen LogP contribution in [0.3, 0.4) is 0 Å². The predicted molar refractivity (Wildman–Crippen MR) is 153 cm³/mol. The molecule has 2 aromatic rings. The van der Waals surface area contributed by atoms with Crippen LogP contribution in [0.15, 0.2) is 30.3 Å². The Labute approximate surface area is 231 Å². The number of para-hydroxylation sites is 1. The molecule has 192 valence electrons. The molecule has 0 aliphatic heterocycles. The third kappa shape index (κ3) is 12.3. The largest absolute Gasteiger partial charge is 1.00 e. The maximum atomic E-state index is 6.01. The summed E-state index contributed by atoms with van der Waals surface area (Å²) in [6.45, 7) is 10.1. The van der Waals surface area contributed by atoms with Crippen molar-refractivity contribution in [3.8, 4) is 5.75 Å². The van der Waals surface area contributed by atoms with Crippen molar-refractivity contribution in [1.82, 2.24) is 0 Å². The van der Waals surface area contributed by atoms with Crippen LogP contribution in [0.2, 0.25) is 6.55 Å². The first-order valence-corrected chi connectivity index (χ1v) is 16.6. The summed E-state index contributed by atoms with van der Waals surface area (Å²) in [7, 11) is 0.0688. The van der Waals surface area contributed by atoms with Crippen molar-refractivity contribution in [2.45, 2.75) is 123 Å². The van der Waals surface area contributed by atoms with E-state index in [1.807, 2.05) is 30.3 Å². The second-order valence-electron chi connectivity index (χ2n) is 10.4. The maximum Gasteiger partial charge on any atom is 1.00 e. The van der Waals surface area contributed by atoms with Gasteiger partial charge in [0, 0.05) is 15.6 Å². The minimum atomic E-state index is 0. The van der Waals surface area contributed by atoms with Gasteiger partial charge in [-0.1, -0.05) is 116 Å². The molecule has 2 N–H and O–H groups in total. The van der Waals surface area contributed by atoms with Gasteiger partial charge in [0.2, 0.25) is 0 Å². The van der Waals surface area contributed by atoms with Gasteiger partial charge < -0.3 is 10.5 Å². The summed E-state index contributed by atoms with van der Waals surface area (Å²) < 4.78 is 5.81. The monoisotopic (exact) mass is 489 g/mol. The molecule has 0 radical (unpaired) electrons. The Hall–Kier alpha value is -0.856. The van der Waals surface area contributed by atoms with Gasteiger partial charge in [-0.05, 0) is 31.4 Å². The molecule has 2 aromatic carbocycles. The summed E-state index contributed by atoms with van der Waals surface area (Å²) in [6, 6.07) is 12.0. The predicted octanol–water partition coefficient (Wildman–Crippen LogP) is 4.68. The molecule has 35 heavy (non-hydrogen) atoms. The molecular weight excluding hydrogens is 437 g/mol. The van der Waals surface area contributed by atoms with Crippen LogP contribution in [-0.4, -0.2) is 22.2 Å². The van der Waals surface area contributed by atoms with E-state index in [0.29, 0.717) is 6.04 Å². The smallest absolute Gasteiger partial charge is 0.494 e. The fraction of sp³-hybridized carbons (Fsp3) is 0.645. The van der Waals surface area contributed by atoms with Crippen molar-refractivity contribution >= 4 is 9.52 Å². The topological polar surface area (TPSA) is 35.2 Å². The molecule has 2 nitrogen and oxygen atoms in total. The van der Waals surface area contributed by atoms with Crippen molar-refractivity contribution < 1.29 is 23.6 Å². The molecule has 0 heterocycles. The Morgan fingerprint density at radius 2 is 1.40 bits per heavy atom. The van der Waals surface area contributed by atoms with Crippen molar-refractivity contribution in [2.75, 3.05) is 6.61 Å². The van der Waals surface area contributed by atoms with Crippen LogP contribution in [0.1, 0.15) is 105 Å². The molecule has 0 spiro atoms. The molecular formula is C31H52LiNOSi. The fourth-order valence-corrected chi connectivity index (χ4v) is 6.44. The number of benzene rings is 1. The van der Waals surface area contributed by atoms with Crippen molar-refractivity contribution in [3.63, 3.8) is 0 Å². The van der Waals surface area contributed by atoms with Crippen molar-refractivity contribution in [3.05, 3.63) is 58.1 Å². The second-order valence-corrected chi connectivity index (χ2v) is 11.9. The van der Waals surface area contributed by atoms with Gasteiger partial charge in [0.25, 0.3) is 0 Å². The average molecular weight is 490 g/mol. The summed E-state index contributed by atoms with van der Waals surface area (Å²) in [5.74, 6) is 0.977. The van der Waals surface area contributed by atoms with Crippen molar-refractivity contribution in [2.24, 2.45) is 5.73 Å². The fourth-order valence-electron chi connectivity index (χ4n) is 5.26. The second kappa shape index (κ2) is 19.3. The SMILES string of the molecule is C[SiH2]Cc1c(C)c(C)c(C)[c-]1CCCOc1ccccc1.NC1CCCCCCCCCCC1.[Li+]. The molecule has 0 unspecified atom stereocenters. The van der Waals surface area contributed by atoms with E-state index in [4.69, 9.17) is 10.5 Å². The first kappa shape index (κ1) is 32.2. The zero-order valence-electron chi connectivity index (χ0n) is 23.8. The molecule has 0 atom stereocenters. The van der Waals surface area contributed by atoms with Gasteiger partial charge in [0.1, 0.15) is 5.75 Å². The first-order valence-electron chi connectivity index (χ1n) is 14.2. The van der Waals surface area contributed by atoms with Gasteiger partial charge in [-0.15, -0.1) is 0 Å². The van der Waals surface area contributed by atoms with Crippen LogP contribution in [0.5, 0.6) is 5.75 Å². The van der Waals surface area contributed by atoms with Crippen LogP contribution in [0.4, 0.5) is 0 Å². The Bertz CT molecular complexity index is 777. The molecule has 3 rings (SSSR count). The molecule has 0 bridgehead atoms. The number of nitrogens with two attached hydrogens (primary N) is 1. The molecule has 0 amide bonds. The van der Waals surface area contributed by atoms with E-state index in [1.54, 1.807) is 16.7 Å². The quantitative estimate of drug-likeness (QED) is 0.348. The van der Waals surface area contributed by atoms with Gasteiger partial charge in [-0.25, -0.2) is 0 Å². The number of hydrogen-bond donors (Lipinski definition) is 1. The van der Waals surface area contributed by atoms with E-state index < -0.39 is 0 Å². The molecule has 1 fully saturated rings. The van der Waals surface area contributed by atoms with Crippen LogP contribution in [0, 0.1) is 20.8 Å². The third-order valence-electron chi connectivity index (χ3n) is 7.63. The molecule has 1 aliphatic rings. The Balaban J connectivity index is 0.000000378. The normalized spacial score (nSPS) is 16.0. The summed E-state index contributed by atoms with van der Waals surface area (Å²) in [6.07, 6.45) is 17.6. The molecule has 1 saturated carbocycles. The average Bonchev–Trinajstić information content (AvgIpc) is 3.04.